The first kappa shape index (κ1) is 17.4. The molecule has 4 heteroatoms. The fraction of sp³-hybridized carbons (Fsp3) is 0.650. The van der Waals surface area contributed by atoms with Crippen LogP contribution in [0.4, 0.5) is 0 Å². The third kappa shape index (κ3) is 4.81. The van der Waals surface area contributed by atoms with Crippen LogP contribution in [0.15, 0.2) is 18.2 Å². The van der Waals surface area contributed by atoms with Gasteiger partial charge in [-0.1, -0.05) is 18.2 Å². The Labute approximate surface area is 145 Å². The Kier molecular flexibility index (Phi) is 5.90. The lowest BCUT2D eigenvalue weighted by atomic mass is 9.89. The van der Waals surface area contributed by atoms with E-state index >= 15 is 0 Å². The predicted octanol–water partition coefficient (Wildman–Crippen LogP) is 2.64. The number of morpholine rings is 1. The van der Waals surface area contributed by atoms with Crippen LogP contribution in [0.25, 0.3) is 0 Å². The molecule has 0 aromatic heterocycles. The molecule has 0 spiro atoms. The number of nitrogens with one attached hydrogen (secondary N) is 1. The van der Waals surface area contributed by atoms with Crippen molar-refractivity contribution in [2.45, 2.75) is 39.0 Å². The molecule has 132 valence electrons. The topological polar surface area (TPSA) is 41.6 Å². The summed E-state index contributed by atoms with van der Waals surface area (Å²) < 4.78 is 5.35. The normalized spacial score (nSPS) is 19.9. The van der Waals surface area contributed by atoms with Crippen molar-refractivity contribution in [2.75, 3.05) is 39.4 Å². The smallest absolute Gasteiger partial charge is 0.220 e. The molecule has 1 aliphatic carbocycles. The second-order valence-electron chi connectivity index (χ2n) is 7.30. The average molecular weight is 330 g/mol. The van der Waals surface area contributed by atoms with Crippen molar-refractivity contribution < 1.29 is 9.53 Å². The van der Waals surface area contributed by atoms with Gasteiger partial charge in [0.1, 0.15) is 0 Å². The van der Waals surface area contributed by atoms with E-state index in [2.05, 4.69) is 42.3 Å². The molecule has 1 atom stereocenters. The second-order valence-corrected chi connectivity index (χ2v) is 7.30. The van der Waals surface area contributed by atoms with Gasteiger partial charge in [-0.05, 0) is 55.2 Å². The summed E-state index contributed by atoms with van der Waals surface area (Å²) in [6, 6.07) is 6.68. The minimum absolute atomic E-state index is 0.193. The van der Waals surface area contributed by atoms with Gasteiger partial charge in [0, 0.05) is 32.6 Å². The molecule has 3 rings (SSSR count). The van der Waals surface area contributed by atoms with Crippen LogP contribution in [0, 0.1) is 19.8 Å². The van der Waals surface area contributed by atoms with E-state index < -0.39 is 0 Å². The first-order valence-corrected chi connectivity index (χ1v) is 9.27. The molecular formula is C20H30N2O2. The zero-order valence-corrected chi connectivity index (χ0v) is 15.0. The molecule has 4 nitrogen and oxygen atoms in total. The fourth-order valence-electron chi connectivity index (χ4n) is 3.50. The quantitative estimate of drug-likeness (QED) is 0.836. The summed E-state index contributed by atoms with van der Waals surface area (Å²) in [7, 11) is 0. The molecule has 1 aromatic rings. The van der Waals surface area contributed by atoms with Gasteiger partial charge in [-0.2, -0.15) is 0 Å². The molecule has 2 fully saturated rings. The van der Waals surface area contributed by atoms with E-state index in [1.807, 2.05) is 0 Å². The molecule has 1 aromatic carbocycles. The molecule has 1 saturated heterocycles. The lowest BCUT2D eigenvalue weighted by molar-refractivity contribution is -0.121. The summed E-state index contributed by atoms with van der Waals surface area (Å²) in [5.41, 5.74) is 3.98. The van der Waals surface area contributed by atoms with E-state index in [1.54, 1.807) is 0 Å². The van der Waals surface area contributed by atoms with E-state index in [-0.39, 0.29) is 5.91 Å². The zero-order chi connectivity index (χ0) is 16.9. The maximum atomic E-state index is 12.4. The van der Waals surface area contributed by atoms with Crippen molar-refractivity contribution in [2.24, 2.45) is 5.92 Å². The van der Waals surface area contributed by atoms with Crippen molar-refractivity contribution in [1.29, 1.82) is 0 Å². The van der Waals surface area contributed by atoms with Gasteiger partial charge in [0.2, 0.25) is 5.91 Å². The maximum Gasteiger partial charge on any atom is 0.220 e. The van der Waals surface area contributed by atoms with Crippen LogP contribution in [-0.4, -0.2) is 50.2 Å². The Hall–Kier alpha value is -1.39. The van der Waals surface area contributed by atoms with Crippen LogP contribution in [-0.2, 0) is 9.53 Å². The lowest BCUT2D eigenvalue weighted by Gasteiger charge is -2.26. The van der Waals surface area contributed by atoms with Crippen molar-refractivity contribution in [3.63, 3.8) is 0 Å². The number of aryl methyl sites for hydroxylation is 2. The number of nitrogens with zero attached hydrogens (tertiary/aromatic N) is 1. The molecule has 1 heterocycles. The van der Waals surface area contributed by atoms with Gasteiger partial charge in [-0.15, -0.1) is 0 Å². The van der Waals surface area contributed by atoms with Crippen LogP contribution < -0.4 is 5.32 Å². The summed E-state index contributed by atoms with van der Waals surface area (Å²) in [4.78, 5) is 14.8. The molecule has 1 unspecified atom stereocenters. The lowest BCUT2D eigenvalue weighted by Crippen LogP contribution is -2.41. The standard InChI is InChI=1S/C20H30N2O2/c1-15-3-4-18(13-16(15)2)19(17-5-6-17)14-20(23)21-7-8-22-9-11-24-12-10-22/h3-4,13,17,19H,5-12,14H2,1-2H3,(H,21,23). The zero-order valence-electron chi connectivity index (χ0n) is 15.0. The summed E-state index contributed by atoms with van der Waals surface area (Å²) >= 11 is 0. The van der Waals surface area contributed by atoms with Crippen LogP contribution >= 0.6 is 0 Å². The fourth-order valence-corrected chi connectivity index (χ4v) is 3.50. The Bertz CT molecular complexity index is 563. The van der Waals surface area contributed by atoms with E-state index in [0.717, 1.165) is 39.4 Å². The van der Waals surface area contributed by atoms with Gasteiger partial charge in [-0.25, -0.2) is 0 Å². The van der Waals surface area contributed by atoms with Gasteiger partial charge in [-0.3, -0.25) is 9.69 Å². The van der Waals surface area contributed by atoms with E-state index in [1.165, 1.54) is 29.5 Å². The largest absolute Gasteiger partial charge is 0.379 e. The number of carbonyl (C=O) groups is 1. The number of carbonyl (C=O) groups excluding carboxylic acids is 1. The minimum Gasteiger partial charge on any atom is -0.379 e. The average Bonchev–Trinajstić information content (AvgIpc) is 3.41. The van der Waals surface area contributed by atoms with E-state index in [9.17, 15) is 4.79 Å². The number of hydrogen-bond donors (Lipinski definition) is 1. The van der Waals surface area contributed by atoms with Gasteiger partial charge < -0.3 is 10.1 Å². The highest BCUT2D eigenvalue weighted by Crippen LogP contribution is 2.44. The van der Waals surface area contributed by atoms with Crippen LogP contribution in [0.1, 0.15) is 41.9 Å². The van der Waals surface area contributed by atoms with Crippen LogP contribution in [0.5, 0.6) is 0 Å². The highest BCUT2D eigenvalue weighted by Gasteiger charge is 2.33. The first-order valence-electron chi connectivity index (χ1n) is 9.27. The number of ether oxygens (including phenoxy) is 1. The van der Waals surface area contributed by atoms with Crippen molar-refractivity contribution in [1.82, 2.24) is 10.2 Å². The third-order valence-electron chi connectivity index (χ3n) is 5.41. The Morgan fingerprint density at radius 2 is 2.00 bits per heavy atom. The molecule has 24 heavy (non-hydrogen) atoms. The Morgan fingerprint density at radius 3 is 2.67 bits per heavy atom. The molecule has 1 saturated carbocycles. The summed E-state index contributed by atoms with van der Waals surface area (Å²) in [6.45, 7) is 9.53. The number of rotatable bonds is 7. The van der Waals surface area contributed by atoms with Crippen LogP contribution in [0.3, 0.4) is 0 Å². The first-order chi connectivity index (χ1) is 11.6. The van der Waals surface area contributed by atoms with Gasteiger partial charge in [0.15, 0.2) is 0 Å². The van der Waals surface area contributed by atoms with E-state index in [4.69, 9.17) is 4.74 Å². The summed E-state index contributed by atoms with van der Waals surface area (Å²) in [5.74, 6) is 1.27. The van der Waals surface area contributed by atoms with Gasteiger partial charge >= 0.3 is 0 Å². The number of hydrogen-bond acceptors (Lipinski definition) is 3. The second kappa shape index (κ2) is 8.13. The molecule has 2 aliphatic rings. The molecule has 0 bridgehead atoms. The van der Waals surface area contributed by atoms with Gasteiger partial charge in [0.25, 0.3) is 0 Å². The molecule has 1 amide bonds. The van der Waals surface area contributed by atoms with Crippen LogP contribution in [0.2, 0.25) is 0 Å². The Balaban J connectivity index is 1.49. The van der Waals surface area contributed by atoms with Crippen molar-refractivity contribution >= 4 is 5.91 Å². The summed E-state index contributed by atoms with van der Waals surface area (Å²) in [5, 5.41) is 3.12. The molecule has 0 radical (unpaired) electrons. The minimum atomic E-state index is 0.193. The highest BCUT2D eigenvalue weighted by atomic mass is 16.5. The number of benzene rings is 1. The Morgan fingerprint density at radius 1 is 1.25 bits per heavy atom. The van der Waals surface area contributed by atoms with Crippen molar-refractivity contribution in [3.05, 3.63) is 34.9 Å². The maximum absolute atomic E-state index is 12.4. The molecule has 1 N–H and O–H groups in total. The predicted molar refractivity (Wildman–Crippen MR) is 96.3 cm³/mol. The monoisotopic (exact) mass is 330 g/mol. The van der Waals surface area contributed by atoms with E-state index in [0.29, 0.717) is 18.3 Å². The SMILES string of the molecule is Cc1ccc(C(CC(=O)NCCN2CCOCC2)C2CC2)cc1C. The molecular weight excluding hydrogens is 300 g/mol. The van der Waals surface area contributed by atoms with Crippen molar-refractivity contribution in [3.8, 4) is 0 Å². The summed E-state index contributed by atoms with van der Waals surface area (Å²) in [6.07, 6.45) is 3.15. The third-order valence-corrected chi connectivity index (χ3v) is 5.41. The number of amides is 1. The van der Waals surface area contributed by atoms with Gasteiger partial charge in [0.05, 0.1) is 13.2 Å². The molecule has 1 aliphatic heterocycles. The highest BCUT2D eigenvalue weighted by molar-refractivity contribution is 5.77.